The maximum Gasteiger partial charge on any atom is 0.275 e. The average Bonchev–Trinajstić information content (AvgIpc) is 2.73. The monoisotopic (exact) mass is 390 g/mol. The van der Waals surface area contributed by atoms with Crippen molar-refractivity contribution in [1.82, 2.24) is 14.7 Å². The summed E-state index contributed by atoms with van der Waals surface area (Å²) in [4.78, 5) is 30.2. The van der Waals surface area contributed by atoms with Gasteiger partial charge in [0.2, 0.25) is 0 Å². The van der Waals surface area contributed by atoms with Crippen LogP contribution in [0, 0.1) is 6.92 Å². The third-order valence-corrected chi connectivity index (χ3v) is 5.45. The Morgan fingerprint density at radius 2 is 1.66 bits per heavy atom. The molecular weight excluding hydrogens is 364 g/mol. The molecule has 0 aliphatic carbocycles. The number of hydrogen-bond acceptors (Lipinski definition) is 4. The molecule has 1 fully saturated rings. The Kier molecular flexibility index (Phi) is 5.09. The number of carbonyl (C=O) groups is 1. The van der Waals surface area contributed by atoms with Crippen LogP contribution >= 0.6 is 0 Å². The quantitative estimate of drug-likeness (QED) is 0.689. The molecule has 2 heterocycles. The molecule has 6 nitrogen and oxygen atoms in total. The summed E-state index contributed by atoms with van der Waals surface area (Å²) in [6, 6.07) is 15.6. The molecule has 0 radical (unpaired) electrons. The molecule has 1 saturated heterocycles. The van der Waals surface area contributed by atoms with Crippen LogP contribution in [0.4, 0.5) is 5.69 Å². The largest absolute Gasteiger partial charge is 0.368 e. The smallest absolute Gasteiger partial charge is 0.275 e. The SMILES string of the molecule is Cc1cccc(N2CCN(C(=O)c3nn(C(C)C)c(=O)c4ccccc34)CC2)c1. The summed E-state index contributed by atoms with van der Waals surface area (Å²) >= 11 is 0. The Bertz CT molecular complexity index is 1110. The van der Waals surface area contributed by atoms with Crippen molar-refractivity contribution in [2.45, 2.75) is 26.8 Å². The number of carbonyl (C=O) groups excluding carboxylic acids is 1. The number of anilines is 1. The van der Waals surface area contributed by atoms with Gasteiger partial charge in [-0.1, -0.05) is 30.3 Å². The molecule has 29 heavy (non-hydrogen) atoms. The van der Waals surface area contributed by atoms with Crippen LogP contribution in [0.5, 0.6) is 0 Å². The summed E-state index contributed by atoms with van der Waals surface area (Å²) in [5, 5.41) is 5.63. The molecular formula is C23H26N4O2. The lowest BCUT2D eigenvalue weighted by Crippen LogP contribution is -2.49. The summed E-state index contributed by atoms with van der Waals surface area (Å²) < 4.78 is 1.42. The van der Waals surface area contributed by atoms with Gasteiger partial charge in [-0.05, 0) is 44.5 Å². The van der Waals surface area contributed by atoms with E-state index < -0.39 is 0 Å². The zero-order chi connectivity index (χ0) is 20.5. The molecule has 1 aromatic heterocycles. The molecule has 0 unspecified atom stereocenters. The second-order valence-electron chi connectivity index (χ2n) is 7.86. The fraction of sp³-hybridized carbons (Fsp3) is 0.348. The van der Waals surface area contributed by atoms with E-state index in [4.69, 9.17) is 0 Å². The summed E-state index contributed by atoms with van der Waals surface area (Å²) in [5.74, 6) is -0.112. The van der Waals surface area contributed by atoms with Gasteiger partial charge in [0.15, 0.2) is 5.69 Å². The molecule has 0 bridgehead atoms. The van der Waals surface area contributed by atoms with Crippen LogP contribution in [0.1, 0.15) is 35.9 Å². The van der Waals surface area contributed by atoms with Gasteiger partial charge in [0.25, 0.3) is 11.5 Å². The van der Waals surface area contributed by atoms with Crippen molar-refractivity contribution in [2.24, 2.45) is 0 Å². The summed E-state index contributed by atoms with van der Waals surface area (Å²) in [5.41, 5.74) is 2.62. The lowest BCUT2D eigenvalue weighted by molar-refractivity contribution is 0.0740. The highest BCUT2D eigenvalue weighted by molar-refractivity contribution is 6.04. The van der Waals surface area contributed by atoms with Crippen LogP contribution in [0.2, 0.25) is 0 Å². The summed E-state index contributed by atoms with van der Waals surface area (Å²) in [7, 11) is 0. The zero-order valence-electron chi connectivity index (χ0n) is 17.1. The first-order valence-corrected chi connectivity index (χ1v) is 10.1. The minimum Gasteiger partial charge on any atom is -0.368 e. The standard InChI is InChI=1S/C23H26N4O2/c1-16(2)27-22(28)20-10-5-4-9-19(20)21(24-27)23(29)26-13-11-25(12-14-26)18-8-6-7-17(3)15-18/h4-10,15-16H,11-14H2,1-3H3. The van der Waals surface area contributed by atoms with Crippen LogP contribution in [0.25, 0.3) is 10.8 Å². The van der Waals surface area contributed by atoms with Gasteiger partial charge in [0, 0.05) is 37.3 Å². The predicted molar refractivity (Wildman–Crippen MR) is 116 cm³/mol. The molecule has 6 heteroatoms. The van der Waals surface area contributed by atoms with E-state index in [1.54, 1.807) is 6.07 Å². The van der Waals surface area contributed by atoms with Crippen molar-refractivity contribution in [2.75, 3.05) is 31.1 Å². The first-order chi connectivity index (χ1) is 14.0. The molecule has 0 N–H and O–H groups in total. The normalized spacial score (nSPS) is 14.6. The second-order valence-corrected chi connectivity index (χ2v) is 7.86. The Labute approximate surface area is 170 Å². The van der Waals surface area contributed by atoms with Gasteiger partial charge in [-0.2, -0.15) is 5.10 Å². The first-order valence-electron chi connectivity index (χ1n) is 10.1. The third kappa shape index (κ3) is 3.62. The van der Waals surface area contributed by atoms with Gasteiger partial charge in [-0.15, -0.1) is 0 Å². The average molecular weight is 390 g/mol. The van der Waals surface area contributed by atoms with Gasteiger partial charge in [0.1, 0.15) is 0 Å². The molecule has 150 valence electrons. The number of aromatic nitrogens is 2. The van der Waals surface area contributed by atoms with E-state index in [9.17, 15) is 9.59 Å². The fourth-order valence-electron chi connectivity index (χ4n) is 3.86. The Morgan fingerprint density at radius 1 is 0.966 bits per heavy atom. The molecule has 0 saturated carbocycles. The predicted octanol–water partition coefficient (Wildman–Crippen LogP) is 3.25. The van der Waals surface area contributed by atoms with E-state index in [0.717, 1.165) is 13.1 Å². The second kappa shape index (κ2) is 7.70. The molecule has 1 aliphatic rings. The van der Waals surface area contributed by atoms with Gasteiger partial charge < -0.3 is 9.80 Å². The maximum absolute atomic E-state index is 13.3. The van der Waals surface area contributed by atoms with Crippen molar-refractivity contribution in [3.8, 4) is 0 Å². The van der Waals surface area contributed by atoms with E-state index in [-0.39, 0.29) is 17.5 Å². The highest BCUT2D eigenvalue weighted by atomic mass is 16.2. The van der Waals surface area contributed by atoms with E-state index >= 15 is 0 Å². The number of fused-ring (bicyclic) bond motifs is 1. The molecule has 2 aromatic carbocycles. The number of nitrogens with zero attached hydrogens (tertiary/aromatic N) is 4. The van der Waals surface area contributed by atoms with Crippen LogP contribution in [0.3, 0.4) is 0 Å². The minimum absolute atomic E-state index is 0.112. The highest BCUT2D eigenvalue weighted by Crippen LogP contribution is 2.20. The van der Waals surface area contributed by atoms with E-state index in [0.29, 0.717) is 29.6 Å². The van der Waals surface area contributed by atoms with Crippen LogP contribution in [0.15, 0.2) is 53.3 Å². The Balaban J connectivity index is 1.62. The van der Waals surface area contributed by atoms with Crippen LogP contribution in [-0.4, -0.2) is 46.8 Å². The van der Waals surface area contributed by atoms with E-state index in [1.165, 1.54) is 15.9 Å². The molecule has 1 amide bonds. The molecule has 0 atom stereocenters. The Morgan fingerprint density at radius 3 is 2.31 bits per heavy atom. The van der Waals surface area contributed by atoms with Crippen molar-refractivity contribution in [3.05, 3.63) is 70.1 Å². The topological polar surface area (TPSA) is 58.4 Å². The third-order valence-electron chi connectivity index (χ3n) is 5.45. The number of aryl methyl sites for hydroxylation is 1. The summed E-state index contributed by atoms with van der Waals surface area (Å²) in [6.45, 7) is 8.70. The highest BCUT2D eigenvalue weighted by Gasteiger charge is 2.26. The van der Waals surface area contributed by atoms with Crippen molar-refractivity contribution >= 4 is 22.4 Å². The van der Waals surface area contributed by atoms with Crippen molar-refractivity contribution in [3.63, 3.8) is 0 Å². The zero-order valence-corrected chi connectivity index (χ0v) is 17.1. The van der Waals surface area contributed by atoms with Crippen LogP contribution in [-0.2, 0) is 0 Å². The van der Waals surface area contributed by atoms with Crippen molar-refractivity contribution < 1.29 is 4.79 Å². The van der Waals surface area contributed by atoms with Crippen molar-refractivity contribution in [1.29, 1.82) is 0 Å². The first kappa shape index (κ1) is 19.2. The number of rotatable bonds is 3. The number of piperazine rings is 1. The molecule has 0 spiro atoms. The molecule has 4 rings (SSSR count). The lowest BCUT2D eigenvalue weighted by Gasteiger charge is -2.36. The van der Waals surface area contributed by atoms with E-state index in [2.05, 4.69) is 41.2 Å². The molecule has 1 aliphatic heterocycles. The number of amides is 1. The van der Waals surface area contributed by atoms with Gasteiger partial charge in [-0.25, -0.2) is 4.68 Å². The van der Waals surface area contributed by atoms with Crippen LogP contribution < -0.4 is 10.5 Å². The molecule has 3 aromatic rings. The van der Waals surface area contributed by atoms with Gasteiger partial charge in [-0.3, -0.25) is 9.59 Å². The van der Waals surface area contributed by atoms with E-state index in [1.807, 2.05) is 36.9 Å². The summed E-state index contributed by atoms with van der Waals surface area (Å²) in [6.07, 6.45) is 0. The number of benzene rings is 2. The fourth-order valence-corrected chi connectivity index (χ4v) is 3.86. The lowest BCUT2D eigenvalue weighted by atomic mass is 10.1. The van der Waals surface area contributed by atoms with Gasteiger partial charge >= 0.3 is 0 Å². The van der Waals surface area contributed by atoms with Gasteiger partial charge in [0.05, 0.1) is 11.4 Å². The number of hydrogen-bond donors (Lipinski definition) is 0. The minimum atomic E-state index is -0.156. The Hall–Kier alpha value is -3.15. The maximum atomic E-state index is 13.3.